The fourth-order valence-corrected chi connectivity index (χ4v) is 3.37. The first-order valence-electron chi connectivity index (χ1n) is 10.4. The van der Waals surface area contributed by atoms with Gasteiger partial charge in [-0.3, -0.25) is 4.79 Å². The zero-order chi connectivity index (χ0) is 20.3. The van der Waals surface area contributed by atoms with Crippen LogP contribution in [-0.2, 0) is 0 Å². The third-order valence-electron chi connectivity index (χ3n) is 5.01. The summed E-state index contributed by atoms with van der Waals surface area (Å²) in [5.41, 5.74) is 3.19. The third-order valence-corrected chi connectivity index (χ3v) is 5.01. The zero-order valence-electron chi connectivity index (χ0n) is 17.0. The van der Waals surface area contributed by atoms with E-state index in [1.165, 1.54) is 11.1 Å². The summed E-state index contributed by atoms with van der Waals surface area (Å²) in [7, 11) is 0. The van der Waals surface area contributed by atoms with Gasteiger partial charge in [-0.05, 0) is 48.2 Å². The van der Waals surface area contributed by atoms with Gasteiger partial charge in [-0.2, -0.15) is 0 Å². The standard InChI is InChI=1S/C26H29NO2/c1-2-3-20-29-24-16-14-23(15-17-24)26(28)27-19-18-25(21-10-6-4-7-11-21)22-12-8-5-9-13-22/h4-17,25H,2-3,18-20H2,1H3,(H,27,28). The minimum atomic E-state index is -0.0509. The van der Waals surface area contributed by atoms with Crippen LogP contribution in [0.3, 0.4) is 0 Å². The van der Waals surface area contributed by atoms with Gasteiger partial charge >= 0.3 is 0 Å². The second kappa shape index (κ2) is 11.1. The van der Waals surface area contributed by atoms with E-state index in [-0.39, 0.29) is 11.8 Å². The number of amides is 1. The lowest BCUT2D eigenvalue weighted by molar-refractivity contribution is 0.0952. The first kappa shape index (κ1) is 20.7. The minimum absolute atomic E-state index is 0.0509. The first-order chi connectivity index (χ1) is 14.3. The number of hydrogen-bond acceptors (Lipinski definition) is 2. The van der Waals surface area contributed by atoms with E-state index in [0.717, 1.165) is 25.0 Å². The van der Waals surface area contributed by atoms with Crippen molar-refractivity contribution in [1.82, 2.24) is 5.32 Å². The van der Waals surface area contributed by atoms with Gasteiger partial charge in [-0.25, -0.2) is 0 Å². The molecule has 3 nitrogen and oxygen atoms in total. The highest BCUT2D eigenvalue weighted by Crippen LogP contribution is 2.27. The van der Waals surface area contributed by atoms with Crippen molar-refractivity contribution < 1.29 is 9.53 Å². The maximum absolute atomic E-state index is 12.5. The first-order valence-corrected chi connectivity index (χ1v) is 10.4. The zero-order valence-corrected chi connectivity index (χ0v) is 17.0. The SMILES string of the molecule is CCCCOc1ccc(C(=O)NCCC(c2ccccc2)c2ccccc2)cc1. The Hall–Kier alpha value is -3.07. The van der Waals surface area contributed by atoms with Crippen LogP contribution >= 0.6 is 0 Å². The average molecular weight is 388 g/mol. The molecule has 3 rings (SSSR count). The van der Waals surface area contributed by atoms with Crippen molar-refractivity contribution in [2.24, 2.45) is 0 Å². The van der Waals surface area contributed by atoms with E-state index in [0.29, 0.717) is 18.7 Å². The van der Waals surface area contributed by atoms with Gasteiger partial charge in [-0.15, -0.1) is 0 Å². The summed E-state index contributed by atoms with van der Waals surface area (Å²) >= 11 is 0. The highest BCUT2D eigenvalue weighted by Gasteiger charge is 2.14. The molecule has 0 unspecified atom stereocenters. The summed E-state index contributed by atoms with van der Waals surface area (Å²) in [6.45, 7) is 3.46. The Bertz CT molecular complexity index is 821. The Labute approximate surface area is 173 Å². The van der Waals surface area contributed by atoms with Crippen LogP contribution in [0.2, 0.25) is 0 Å². The molecule has 29 heavy (non-hydrogen) atoms. The second-order valence-corrected chi connectivity index (χ2v) is 7.14. The highest BCUT2D eigenvalue weighted by atomic mass is 16.5. The van der Waals surface area contributed by atoms with E-state index in [2.05, 4.69) is 60.8 Å². The van der Waals surface area contributed by atoms with Gasteiger partial charge in [0.05, 0.1) is 6.61 Å². The third kappa shape index (κ3) is 6.21. The number of ether oxygens (including phenoxy) is 1. The Morgan fingerprint density at radius 1 is 0.862 bits per heavy atom. The quantitative estimate of drug-likeness (QED) is 0.445. The van der Waals surface area contributed by atoms with Crippen LogP contribution in [0.5, 0.6) is 5.75 Å². The van der Waals surface area contributed by atoms with Crippen LogP contribution in [0.25, 0.3) is 0 Å². The molecule has 150 valence electrons. The van der Waals surface area contributed by atoms with Crippen molar-refractivity contribution in [3.8, 4) is 5.75 Å². The molecule has 0 bridgehead atoms. The van der Waals surface area contributed by atoms with Crippen molar-refractivity contribution >= 4 is 5.91 Å². The molecular weight excluding hydrogens is 358 g/mol. The van der Waals surface area contributed by atoms with Gasteiger partial charge in [0.1, 0.15) is 5.75 Å². The Morgan fingerprint density at radius 2 is 1.45 bits per heavy atom. The molecule has 0 aliphatic carbocycles. The molecule has 0 aliphatic heterocycles. The summed E-state index contributed by atoms with van der Waals surface area (Å²) in [4.78, 5) is 12.5. The molecule has 0 fully saturated rings. The van der Waals surface area contributed by atoms with E-state index in [9.17, 15) is 4.79 Å². The van der Waals surface area contributed by atoms with Gasteiger partial charge in [0.2, 0.25) is 0 Å². The van der Waals surface area contributed by atoms with Crippen LogP contribution in [0, 0.1) is 0 Å². The summed E-state index contributed by atoms with van der Waals surface area (Å²) < 4.78 is 5.66. The molecule has 3 heteroatoms. The number of carbonyl (C=O) groups excluding carboxylic acids is 1. The number of hydrogen-bond donors (Lipinski definition) is 1. The van der Waals surface area contributed by atoms with E-state index in [1.54, 1.807) is 0 Å². The number of nitrogens with one attached hydrogen (secondary N) is 1. The van der Waals surface area contributed by atoms with Gasteiger partial charge in [0.25, 0.3) is 5.91 Å². The Kier molecular flexibility index (Phi) is 7.88. The van der Waals surface area contributed by atoms with E-state index in [4.69, 9.17) is 4.74 Å². The van der Waals surface area contributed by atoms with Crippen molar-refractivity contribution in [1.29, 1.82) is 0 Å². The van der Waals surface area contributed by atoms with Crippen LogP contribution in [-0.4, -0.2) is 19.1 Å². The predicted molar refractivity (Wildman–Crippen MR) is 119 cm³/mol. The fourth-order valence-electron chi connectivity index (χ4n) is 3.37. The molecule has 0 spiro atoms. The summed E-state index contributed by atoms with van der Waals surface area (Å²) in [6.07, 6.45) is 2.98. The van der Waals surface area contributed by atoms with Crippen LogP contribution in [0.1, 0.15) is 53.6 Å². The van der Waals surface area contributed by atoms with Gasteiger partial charge in [0.15, 0.2) is 0 Å². The molecule has 0 heterocycles. The monoisotopic (exact) mass is 387 g/mol. The lowest BCUT2D eigenvalue weighted by atomic mass is 9.88. The minimum Gasteiger partial charge on any atom is -0.494 e. The molecule has 0 saturated heterocycles. The molecule has 3 aromatic rings. The molecule has 0 aromatic heterocycles. The molecule has 3 aromatic carbocycles. The van der Waals surface area contributed by atoms with E-state index in [1.807, 2.05) is 36.4 Å². The topological polar surface area (TPSA) is 38.3 Å². The van der Waals surface area contributed by atoms with Crippen molar-refractivity contribution in [3.05, 3.63) is 102 Å². The Balaban J connectivity index is 1.57. The molecule has 0 radical (unpaired) electrons. The number of benzene rings is 3. The maximum Gasteiger partial charge on any atom is 0.251 e. The second-order valence-electron chi connectivity index (χ2n) is 7.14. The van der Waals surface area contributed by atoms with Gasteiger partial charge < -0.3 is 10.1 Å². The average Bonchev–Trinajstić information content (AvgIpc) is 2.78. The van der Waals surface area contributed by atoms with E-state index >= 15 is 0 Å². The van der Waals surface area contributed by atoms with Crippen LogP contribution in [0.15, 0.2) is 84.9 Å². The van der Waals surface area contributed by atoms with Crippen LogP contribution < -0.4 is 10.1 Å². The van der Waals surface area contributed by atoms with Gasteiger partial charge in [-0.1, -0.05) is 74.0 Å². The maximum atomic E-state index is 12.5. The summed E-state index contributed by atoms with van der Waals surface area (Å²) in [5, 5.41) is 3.06. The van der Waals surface area contributed by atoms with Crippen molar-refractivity contribution in [2.75, 3.05) is 13.2 Å². The summed E-state index contributed by atoms with van der Waals surface area (Å²) in [6, 6.07) is 28.3. The van der Waals surface area contributed by atoms with Crippen molar-refractivity contribution in [2.45, 2.75) is 32.1 Å². The van der Waals surface area contributed by atoms with E-state index < -0.39 is 0 Å². The highest BCUT2D eigenvalue weighted by molar-refractivity contribution is 5.94. The number of rotatable bonds is 10. The number of carbonyl (C=O) groups is 1. The lowest BCUT2D eigenvalue weighted by Crippen LogP contribution is -2.25. The molecule has 0 aliphatic rings. The lowest BCUT2D eigenvalue weighted by Gasteiger charge is -2.18. The van der Waals surface area contributed by atoms with Crippen molar-refractivity contribution in [3.63, 3.8) is 0 Å². The van der Waals surface area contributed by atoms with Crippen LogP contribution in [0.4, 0.5) is 0 Å². The normalized spacial score (nSPS) is 10.7. The largest absolute Gasteiger partial charge is 0.494 e. The smallest absolute Gasteiger partial charge is 0.251 e. The molecule has 0 saturated carbocycles. The predicted octanol–water partition coefficient (Wildman–Crippen LogP) is 5.82. The number of unbranched alkanes of at least 4 members (excludes halogenated alkanes) is 1. The fraction of sp³-hybridized carbons (Fsp3) is 0.269. The molecule has 1 amide bonds. The Morgan fingerprint density at radius 3 is 2.00 bits per heavy atom. The summed E-state index contributed by atoms with van der Waals surface area (Å²) in [5.74, 6) is 1.01. The molecular formula is C26H29NO2. The van der Waals surface area contributed by atoms with Gasteiger partial charge in [0, 0.05) is 18.0 Å². The molecule has 1 N–H and O–H groups in total. The molecule has 0 atom stereocenters.